The molecule has 6 atom stereocenters. The number of benzene rings is 1. The first-order chi connectivity index (χ1) is 18.5. The zero-order valence-corrected chi connectivity index (χ0v) is 23.6. The summed E-state index contributed by atoms with van der Waals surface area (Å²) in [5.41, 5.74) is 6.30. The molecule has 1 aliphatic rings. The average molecular weight is 562 g/mol. The number of nitrogens with zero attached hydrogens (tertiary/aromatic N) is 3. The van der Waals surface area contributed by atoms with E-state index in [0.717, 1.165) is 0 Å². The molecule has 3 heterocycles. The number of anilines is 1. The van der Waals surface area contributed by atoms with Gasteiger partial charge in [-0.15, -0.1) is 0 Å². The molecule has 1 aliphatic heterocycles. The number of carbonyl (C=O) groups excluding carboxylic acids is 1. The molecule has 12 nitrogen and oxygen atoms in total. The van der Waals surface area contributed by atoms with E-state index in [-0.39, 0.29) is 24.9 Å². The number of carbonyl (C=O) groups is 1. The van der Waals surface area contributed by atoms with E-state index in [2.05, 4.69) is 15.2 Å². The summed E-state index contributed by atoms with van der Waals surface area (Å²) in [6.45, 7) is 8.84. The maximum absolute atomic E-state index is 14.0. The van der Waals surface area contributed by atoms with Gasteiger partial charge in [0.15, 0.2) is 5.82 Å². The van der Waals surface area contributed by atoms with Gasteiger partial charge < -0.3 is 24.8 Å². The van der Waals surface area contributed by atoms with Crippen LogP contribution in [0.25, 0.3) is 5.52 Å². The number of rotatable bonds is 11. The van der Waals surface area contributed by atoms with Gasteiger partial charge in [-0.3, -0.25) is 9.32 Å². The first kappa shape index (κ1) is 29.0. The monoisotopic (exact) mass is 561 g/mol. The molecule has 1 saturated heterocycles. The Morgan fingerprint density at radius 2 is 2.00 bits per heavy atom. The van der Waals surface area contributed by atoms with Crippen LogP contribution in [-0.2, 0) is 29.0 Å². The smallest absolute Gasteiger partial charge is 0.459 e. The number of hydrogen-bond donors (Lipinski definition) is 3. The number of hydrogen-bond acceptors (Lipinski definition) is 10. The van der Waals surface area contributed by atoms with Gasteiger partial charge in [0.1, 0.15) is 35.3 Å². The van der Waals surface area contributed by atoms with Crippen LogP contribution in [0, 0.1) is 11.8 Å². The van der Waals surface area contributed by atoms with E-state index >= 15 is 0 Å². The van der Waals surface area contributed by atoms with Gasteiger partial charge >= 0.3 is 13.7 Å². The molecule has 0 aliphatic carbocycles. The summed E-state index contributed by atoms with van der Waals surface area (Å²) in [7, 11) is -4.16. The van der Waals surface area contributed by atoms with Gasteiger partial charge in [-0.25, -0.2) is 14.1 Å². The topological polar surface area (TPSA) is 160 Å². The third kappa shape index (κ3) is 5.95. The van der Waals surface area contributed by atoms with Gasteiger partial charge in [-0.05, 0) is 44.0 Å². The van der Waals surface area contributed by atoms with E-state index in [1.807, 2.05) is 19.9 Å². The lowest BCUT2D eigenvalue weighted by molar-refractivity contribution is -0.146. The molecule has 0 spiro atoms. The van der Waals surface area contributed by atoms with Crippen LogP contribution in [-0.4, -0.2) is 57.1 Å². The van der Waals surface area contributed by atoms with Crippen molar-refractivity contribution in [3.63, 3.8) is 0 Å². The minimum absolute atomic E-state index is 0.165. The molecule has 3 aromatic rings. The highest BCUT2D eigenvalue weighted by Crippen LogP contribution is 2.49. The Morgan fingerprint density at radius 1 is 1.28 bits per heavy atom. The molecule has 0 bridgehead atoms. The van der Waals surface area contributed by atoms with Gasteiger partial charge in [-0.2, -0.15) is 10.2 Å². The minimum Gasteiger partial charge on any atom is -0.465 e. The Kier molecular flexibility index (Phi) is 8.63. The number of nitrogens with two attached hydrogens (primary N) is 1. The fraction of sp³-hybridized carbons (Fsp3) is 0.500. The van der Waals surface area contributed by atoms with Crippen molar-refractivity contribution < 1.29 is 33.0 Å². The quantitative estimate of drug-likeness (QED) is 0.233. The molecule has 2 aromatic heterocycles. The van der Waals surface area contributed by atoms with Gasteiger partial charge in [-0.1, -0.05) is 39.0 Å². The van der Waals surface area contributed by atoms with Crippen LogP contribution in [0.1, 0.15) is 40.3 Å². The molecular formula is C26H36N5O7P. The molecule has 0 radical (unpaired) electrons. The lowest BCUT2D eigenvalue weighted by Crippen LogP contribution is -2.42. The number of nitrogen functional groups attached to an aromatic ring is 1. The van der Waals surface area contributed by atoms with Crippen LogP contribution in [0.4, 0.5) is 5.82 Å². The minimum atomic E-state index is -4.16. The summed E-state index contributed by atoms with van der Waals surface area (Å²) in [5.74, 6) is -0.660. The lowest BCUT2D eigenvalue weighted by Gasteiger charge is -2.29. The summed E-state index contributed by atoms with van der Waals surface area (Å²) in [6, 6.07) is 11.1. The first-order valence-corrected chi connectivity index (χ1v) is 14.4. The highest BCUT2D eigenvalue weighted by molar-refractivity contribution is 7.52. The zero-order chi connectivity index (χ0) is 28.4. The molecule has 4 N–H and O–H groups in total. The number of fused-ring (bicyclic) bond motifs is 1. The Labute approximate surface area is 227 Å². The molecule has 39 heavy (non-hydrogen) atoms. The van der Waals surface area contributed by atoms with Crippen molar-refractivity contribution in [2.24, 2.45) is 11.8 Å². The maximum Gasteiger partial charge on any atom is 0.459 e. The van der Waals surface area contributed by atoms with Crippen molar-refractivity contribution in [1.82, 2.24) is 19.7 Å². The number of esters is 1. The maximum atomic E-state index is 14.0. The SMILES string of the molecule is CCOC(=O)C(NP(=O)(OCC1OC(C)(c2ccc3c(N)ncnn23)C(C)C1O)Oc1ccccc1)C(C)C. The van der Waals surface area contributed by atoms with Crippen LogP contribution < -0.4 is 15.3 Å². The number of ether oxygens (including phenoxy) is 2. The van der Waals surface area contributed by atoms with E-state index in [1.165, 1.54) is 6.33 Å². The molecule has 1 aromatic carbocycles. The number of aliphatic hydroxyl groups is 1. The van der Waals surface area contributed by atoms with Crippen molar-refractivity contribution in [3.05, 3.63) is 54.5 Å². The summed E-state index contributed by atoms with van der Waals surface area (Å²) in [5, 5.41) is 18.2. The van der Waals surface area contributed by atoms with E-state index < -0.39 is 43.5 Å². The molecule has 212 valence electrons. The summed E-state index contributed by atoms with van der Waals surface area (Å²) in [4.78, 5) is 16.6. The molecule has 13 heteroatoms. The summed E-state index contributed by atoms with van der Waals surface area (Å²) in [6.07, 6.45) is -0.496. The molecule has 1 fully saturated rings. The Bertz CT molecular complexity index is 1340. The number of nitrogens with one attached hydrogen (secondary N) is 1. The van der Waals surface area contributed by atoms with Crippen LogP contribution in [0.2, 0.25) is 0 Å². The standard InChI is InChI=1S/C26H36N5O7P/c1-6-35-25(33)22(16(2)3)30-39(34,38-18-10-8-7-9-11-18)36-14-20-23(32)17(4)26(5,37-20)21-13-12-19-24(27)28-15-29-31(19)21/h7-13,15-17,20,22-23,32H,6,14H2,1-5H3,(H,30,34)(H2,27,28,29). The molecular weight excluding hydrogens is 525 g/mol. The summed E-state index contributed by atoms with van der Waals surface area (Å²) < 4.78 is 38.8. The third-order valence-electron chi connectivity index (χ3n) is 7.03. The molecule has 0 amide bonds. The van der Waals surface area contributed by atoms with Crippen LogP contribution in [0.5, 0.6) is 5.75 Å². The molecule has 4 rings (SSSR count). The third-order valence-corrected chi connectivity index (χ3v) is 8.57. The van der Waals surface area contributed by atoms with E-state index in [4.69, 9.17) is 24.3 Å². The van der Waals surface area contributed by atoms with Gasteiger partial charge in [0.2, 0.25) is 0 Å². The van der Waals surface area contributed by atoms with Crippen molar-refractivity contribution in [2.45, 2.75) is 58.5 Å². The molecule has 6 unspecified atom stereocenters. The predicted octanol–water partition coefficient (Wildman–Crippen LogP) is 3.30. The average Bonchev–Trinajstić information content (AvgIpc) is 3.44. The van der Waals surface area contributed by atoms with Crippen LogP contribution >= 0.6 is 7.75 Å². The second-order valence-electron chi connectivity index (χ2n) is 10.0. The van der Waals surface area contributed by atoms with Crippen molar-refractivity contribution >= 4 is 25.1 Å². The van der Waals surface area contributed by atoms with Gasteiger partial charge in [0, 0.05) is 5.92 Å². The van der Waals surface area contributed by atoms with Crippen LogP contribution in [0.15, 0.2) is 48.8 Å². The van der Waals surface area contributed by atoms with E-state index in [0.29, 0.717) is 17.0 Å². The zero-order valence-electron chi connectivity index (χ0n) is 22.7. The summed E-state index contributed by atoms with van der Waals surface area (Å²) >= 11 is 0. The molecule has 0 saturated carbocycles. The number of para-hydroxylation sites is 1. The number of aliphatic hydroxyl groups excluding tert-OH is 1. The second kappa shape index (κ2) is 11.6. The van der Waals surface area contributed by atoms with Crippen LogP contribution in [0.3, 0.4) is 0 Å². The first-order valence-electron chi connectivity index (χ1n) is 12.9. The fourth-order valence-electron chi connectivity index (χ4n) is 4.65. The van der Waals surface area contributed by atoms with Crippen molar-refractivity contribution in [1.29, 1.82) is 0 Å². The Balaban J connectivity index is 1.58. The normalized spacial score (nSPS) is 25.5. The van der Waals surface area contributed by atoms with Gasteiger partial charge in [0.25, 0.3) is 0 Å². The lowest BCUT2D eigenvalue weighted by atomic mass is 9.85. The Morgan fingerprint density at radius 3 is 2.67 bits per heavy atom. The van der Waals surface area contributed by atoms with Crippen molar-refractivity contribution in [2.75, 3.05) is 18.9 Å². The van der Waals surface area contributed by atoms with Gasteiger partial charge in [0.05, 0.1) is 25.0 Å². The fourth-order valence-corrected chi connectivity index (χ4v) is 6.32. The Hall–Kier alpha value is -3.02. The highest BCUT2D eigenvalue weighted by Gasteiger charge is 2.52. The largest absolute Gasteiger partial charge is 0.465 e. The van der Waals surface area contributed by atoms with E-state index in [1.54, 1.807) is 61.7 Å². The van der Waals surface area contributed by atoms with Crippen molar-refractivity contribution in [3.8, 4) is 5.75 Å². The highest BCUT2D eigenvalue weighted by atomic mass is 31.2. The second-order valence-corrected chi connectivity index (χ2v) is 11.7. The predicted molar refractivity (Wildman–Crippen MR) is 144 cm³/mol. The number of aromatic nitrogens is 3. The van der Waals surface area contributed by atoms with E-state index in [9.17, 15) is 14.5 Å².